The van der Waals surface area contributed by atoms with Crippen LogP contribution in [-0.4, -0.2) is 24.1 Å². The van der Waals surface area contributed by atoms with Crippen LogP contribution in [0.3, 0.4) is 0 Å². The lowest BCUT2D eigenvalue weighted by Gasteiger charge is -2.07. The number of benzene rings is 1. The number of rotatable bonds is 2. The first kappa shape index (κ1) is 13.0. The van der Waals surface area contributed by atoms with Gasteiger partial charge in [0.25, 0.3) is 0 Å². The van der Waals surface area contributed by atoms with Crippen LogP contribution in [0.5, 0.6) is 0 Å². The lowest BCUT2D eigenvalue weighted by Crippen LogP contribution is -2.00. The minimum absolute atomic E-state index is 0.562. The van der Waals surface area contributed by atoms with Gasteiger partial charge in [-0.1, -0.05) is 24.3 Å². The number of hydrogen-bond donors (Lipinski definition) is 1. The number of aromatic amines is 1. The number of aryl methyl sites for hydroxylation is 1. The standard InChI is InChI=1S/C16H13N5S/c1-11-14(20-10-6-5-9-13(20)17-11)15-18-19-16(22)21(15)12-7-3-2-4-8-12/h2-10H,1H3,(H,19,22). The molecule has 0 aliphatic rings. The number of nitrogens with zero attached hydrogens (tertiary/aromatic N) is 4. The minimum Gasteiger partial charge on any atom is -0.297 e. The molecule has 0 spiro atoms. The fraction of sp³-hybridized carbons (Fsp3) is 0.0625. The van der Waals surface area contributed by atoms with Gasteiger partial charge >= 0.3 is 0 Å². The zero-order chi connectivity index (χ0) is 15.1. The minimum atomic E-state index is 0.562. The maximum absolute atomic E-state index is 5.41. The van der Waals surface area contributed by atoms with Gasteiger partial charge in [0.2, 0.25) is 0 Å². The van der Waals surface area contributed by atoms with Gasteiger partial charge in [-0.05, 0) is 43.4 Å². The van der Waals surface area contributed by atoms with Crippen molar-refractivity contribution in [2.45, 2.75) is 6.92 Å². The van der Waals surface area contributed by atoms with E-state index in [0.29, 0.717) is 4.77 Å². The Morgan fingerprint density at radius 2 is 1.82 bits per heavy atom. The molecule has 22 heavy (non-hydrogen) atoms. The van der Waals surface area contributed by atoms with Crippen molar-refractivity contribution in [3.8, 4) is 17.2 Å². The first-order chi connectivity index (χ1) is 10.8. The molecule has 0 saturated carbocycles. The van der Waals surface area contributed by atoms with Gasteiger partial charge in [-0.3, -0.25) is 14.1 Å². The Balaban J connectivity index is 2.05. The van der Waals surface area contributed by atoms with E-state index in [2.05, 4.69) is 15.2 Å². The molecule has 0 atom stereocenters. The normalized spacial score (nSPS) is 11.1. The van der Waals surface area contributed by atoms with E-state index in [-0.39, 0.29) is 0 Å². The van der Waals surface area contributed by atoms with Gasteiger partial charge in [0.05, 0.1) is 11.4 Å². The van der Waals surface area contributed by atoms with Crippen LogP contribution in [0.25, 0.3) is 22.9 Å². The number of aromatic nitrogens is 5. The Morgan fingerprint density at radius 1 is 1.05 bits per heavy atom. The van der Waals surface area contributed by atoms with E-state index in [1.165, 1.54) is 0 Å². The highest BCUT2D eigenvalue weighted by atomic mass is 32.1. The van der Waals surface area contributed by atoms with Crippen molar-refractivity contribution in [1.29, 1.82) is 0 Å². The van der Waals surface area contributed by atoms with Crippen LogP contribution >= 0.6 is 12.2 Å². The third-order valence-corrected chi connectivity index (χ3v) is 3.88. The molecule has 108 valence electrons. The highest BCUT2D eigenvalue weighted by molar-refractivity contribution is 7.71. The molecule has 6 heteroatoms. The molecular formula is C16H13N5S. The molecule has 0 aliphatic heterocycles. The van der Waals surface area contributed by atoms with Crippen molar-refractivity contribution in [3.63, 3.8) is 0 Å². The summed E-state index contributed by atoms with van der Waals surface area (Å²) in [6.07, 6.45) is 1.98. The third kappa shape index (κ3) is 1.88. The molecule has 4 aromatic rings. The highest BCUT2D eigenvalue weighted by Gasteiger charge is 2.17. The monoisotopic (exact) mass is 307 g/mol. The maximum atomic E-state index is 5.41. The zero-order valence-electron chi connectivity index (χ0n) is 11.9. The van der Waals surface area contributed by atoms with Crippen molar-refractivity contribution in [2.75, 3.05) is 0 Å². The lowest BCUT2D eigenvalue weighted by atomic mass is 10.3. The van der Waals surface area contributed by atoms with Gasteiger partial charge in [-0.25, -0.2) is 4.98 Å². The zero-order valence-corrected chi connectivity index (χ0v) is 12.7. The molecular weight excluding hydrogens is 294 g/mol. The van der Waals surface area contributed by atoms with Crippen molar-refractivity contribution in [1.82, 2.24) is 24.1 Å². The van der Waals surface area contributed by atoms with Crippen molar-refractivity contribution in [3.05, 3.63) is 65.2 Å². The fourth-order valence-electron chi connectivity index (χ4n) is 2.66. The number of H-pyrrole nitrogens is 1. The summed E-state index contributed by atoms with van der Waals surface area (Å²) in [5.41, 5.74) is 3.72. The second-order valence-electron chi connectivity index (χ2n) is 5.00. The predicted molar refractivity (Wildman–Crippen MR) is 87.7 cm³/mol. The summed E-state index contributed by atoms with van der Waals surface area (Å²) in [6, 6.07) is 15.9. The van der Waals surface area contributed by atoms with Crippen LogP contribution in [0.4, 0.5) is 0 Å². The average Bonchev–Trinajstić information content (AvgIpc) is 3.07. The maximum Gasteiger partial charge on any atom is 0.200 e. The topological polar surface area (TPSA) is 50.9 Å². The van der Waals surface area contributed by atoms with E-state index >= 15 is 0 Å². The second kappa shape index (κ2) is 4.92. The van der Waals surface area contributed by atoms with E-state index in [1.54, 1.807) is 0 Å². The van der Waals surface area contributed by atoms with Crippen LogP contribution < -0.4 is 0 Å². The van der Waals surface area contributed by atoms with Gasteiger partial charge in [0.1, 0.15) is 11.3 Å². The number of para-hydroxylation sites is 1. The number of imidazole rings is 1. The smallest absolute Gasteiger partial charge is 0.200 e. The number of nitrogens with one attached hydrogen (secondary N) is 1. The Bertz CT molecular complexity index is 1010. The summed E-state index contributed by atoms with van der Waals surface area (Å²) in [4.78, 5) is 4.60. The van der Waals surface area contributed by atoms with Gasteiger partial charge < -0.3 is 0 Å². The molecule has 0 unspecified atom stereocenters. The lowest BCUT2D eigenvalue weighted by molar-refractivity contribution is 1.02. The number of fused-ring (bicyclic) bond motifs is 1. The van der Waals surface area contributed by atoms with Crippen molar-refractivity contribution < 1.29 is 0 Å². The molecule has 5 nitrogen and oxygen atoms in total. The quantitative estimate of drug-likeness (QED) is 0.576. The van der Waals surface area contributed by atoms with Crippen LogP contribution in [0.15, 0.2) is 54.7 Å². The average molecular weight is 307 g/mol. The van der Waals surface area contributed by atoms with E-state index < -0.39 is 0 Å². The summed E-state index contributed by atoms with van der Waals surface area (Å²) in [6.45, 7) is 1.98. The fourth-order valence-corrected chi connectivity index (χ4v) is 2.89. The van der Waals surface area contributed by atoms with E-state index in [4.69, 9.17) is 12.2 Å². The summed E-state index contributed by atoms with van der Waals surface area (Å²) < 4.78 is 4.52. The van der Waals surface area contributed by atoms with Crippen LogP contribution in [0.1, 0.15) is 5.69 Å². The van der Waals surface area contributed by atoms with Crippen LogP contribution in [0, 0.1) is 11.7 Å². The van der Waals surface area contributed by atoms with Gasteiger partial charge in [-0.15, -0.1) is 0 Å². The summed E-state index contributed by atoms with van der Waals surface area (Å²) in [5, 5.41) is 7.32. The molecule has 1 aromatic carbocycles. The molecule has 3 heterocycles. The highest BCUT2D eigenvalue weighted by Crippen LogP contribution is 2.25. The Morgan fingerprint density at radius 3 is 2.64 bits per heavy atom. The molecule has 0 aliphatic carbocycles. The Kier molecular flexibility index (Phi) is 2.90. The summed E-state index contributed by atoms with van der Waals surface area (Å²) in [7, 11) is 0. The Labute approximate surface area is 131 Å². The molecule has 1 N–H and O–H groups in total. The first-order valence-corrected chi connectivity index (χ1v) is 7.33. The van der Waals surface area contributed by atoms with Gasteiger partial charge in [0.15, 0.2) is 10.6 Å². The summed E-state index contributed by atoms with van der Waals surface area (Å²) >= 11 is 5.41. The largest absolute Gasteiger partial charge is 0.297 e. The molecule has 0 fully saturated rings. The van der Waals surface area contributed by atoms with E-state index in [0.717, 1.165) is 28.5 Å². The van der Waals surface area contributed by atoms with Gasteiger partial charge in [-0.2, -0.15) is 5.10 Å². The third-order valence-electron chi connectivity index (χ3n) is 3.60. The second-order valence-corrected chi connectivity index (χ2v) is 5.38. The molecule has 0 bridgehead atoms. The van der Waals surface area contributed by atoms with Crippen molar-refractivity contribution >= 4 is 17.9 Å². The Hall–Kier alpha value is -2.73. The molecule has 3 aromatic heterocycles. The molecule has 4 rings (SSSR count). The SMILES string of the molecule is Cc1nc2ccccn2c1-c1n[nH]c(=S)n1-c1ccccc1. The molecule has 0 saturated heterocycles. The molecule has 0 amide bonds. The first-order valence-electron chi connectivity index (χ1n) is 6.92. The molecule has 0 radical (unpaired) electrons. The number of pyridine rings is 1. The number of hydrogen-bond acceptors (Lipinski definition) is 3. The predicted octanol–water partition coefficient (Wildman–Crippen LogP) is 3.55. The van der Waals surface area contributed by atoms with Crippen LogP contribution in [-0.2, 0) is 0 Å². The van der Waals surface area contributed by atoms with Crippen molar-refractivity contribution in [2.24, 2.45) is 0 Å². The van der Waals surface area contributed by atoms with Crippen LogP contribution in [0.2, 0.25) is 0 Å². The van der Waals surface area contributed by atoms with E-state index in [9.17, 15) is 0 Å². The summed E-state index contributed by atoms with van der Waals surface area (Å²) in [5.74, 6) is 0.757. The van der Waals surface area contributed by atoms with Gasteiger partial charge in [0, 0.05) is 6.20 Å². The van der Waals surface area contributed by atoms with E-state index in [1.807, 2.05) is 70.6 Å².